The van der Waals surface area contributed by atoms with Crippen LogP contribution in [0.2, 0.25) is 0 Å². The fraction of sp³-hybridized carbons (Fsp3) is 0.444. The fourth-order valence-corrected chi connectivity index (χ4v) is 1.31. The van der Waals surface area contributed by atoms with Gasteiger partial charge in [-0.1, -0.05) is 0 Å². The van der Waals surface area contributed by atoms with Crippen LogP contribution in [0.15, 0.2) is 17.1 Å². The topological polar surface area (TPSA) is 51.5 Å². The average molecular weight is 218 g/mol. The highest BCUT2D eigenvalue weighted by Crippen LogP contribution is 2.06. The Morgan fingerprint density at radius 1 is 1.64 bits per heavy atom. The third kappa shape index (κ3) is 2.49. The molecule has 1 N–H and O–H groups in total. The first-order chi connectivity index (χ1) is 6.69. The van der Waals surface area contributed by atoms with Crippen molar-refractivity contribution in [3.8, 4) is 5.75 Å². The lowest BCUT2D eigenvalue weighted by Gasteiger charge is -2.08. The van der Waals surface area contributed by atoms with Gasteiger partial charge in [0, 0.05) is 18.8 Å². The van der Waals surface area contributed by atoms with Crippen molar-refractivity contribution in [1.82, 2.24) is 4.57 Å². The first-order valence-electron chi connectivity index (χ1n) is 4.18. The lowest BCUT2D eigenvalue weighted by molar-refractivity contribution is 0.199. The van der Waals surface area contributed by atoms with Crippen molar-refractivity contribution in [2.75, 3.05) is 13.2 Å². The van der Waals surface area contributed by atoms with Crippen molar-refractivity contribution < 1.29 is 9.84 Å². The summed E-state index contributed by atoms with van der Waals surface area (Å²) in [5, 5.41) is 8.53. The van der Waals surface area contributed by atoms with Crippen molar-refractivity contribution in [2.45, 2.75) is 5.88 Å². The van der Waals surface area contributed by atoms with Gasteiger partial charge in [0.05, 0.1) is 18.7 Å². The predicted molar refractivity (Wildman–Crippen MR) is 53.8 cm³/mol. The Kier molecular flexibility index (Phi) is 3.98. The minimum atomic E-state index is -0.216. The number of alkyl halides is 1. The minimum absolute atomic E-state index is 0.111. The molecule has 0 fully saturated rings. The number of hydrogen-bond donors (Lipinski definition) is 1. The molecule has 1 aromatic heterocycles. The van der Waals surface area contributed by atoms with Crippen LogP contribution in [0.3, 0.4) is 0 Å². The molecule has 0 spiro atoms. The third-order valence-electron chi connectivity index (χ3n) is 1.79. The molecule has 5 heteroatoms. The highest BCUT2D eigenvalue weighted by Gasteiger charge is 2.04. The molecule has 0 atom stereocenters. The molecule has 0 amide bonds. The SMILES string of the molecule is Cn1cc(OCCO)c(=O)cc1CCl. The number of hydrogen-bond acceptors (Lipinski definition) is 3. The molecule has 1 rings (SSSR count). The highest BCUT2D eigenvalue weighted by molar-refractivity contribution is 6.16. The molecule has 0 aliphatic rings. The Morgan fingerprint density at radius 2 is 2.36 bits per heavy atom. The Balaban J connectivity index is 2.97. The summed E-state index contributed by atoms with van der Waals surface area (Å²) in [7, 11) is 1.78. The van der Waals surface area contributed by atoms with Crippen molar-refractivity contribution in [3.63, 3.8) is 0 Å². The Morgan fingerprint density at radius 3 is 2.93 bits per heavy atom. The zero-order valence-corrected chi connectivity index (χ0v) is 8.62. The molecule has 1 aromatic rings. The van der Waals surface area contributed by atoms with E-state index in [9.17, 15) is 4.79 Å². The maximum atomic E-state index is 11.4. The Labute approximate surface area is 86.7 Å². The number of halogens is 1. The summed E-state index contributed by atoms with van der Waals surface area (Å²) < 4.78 is 6.76. The maximum Gasteiger partial charge on any atom is 0.223 e. The van der Waals surface area contributed by atoms with E-state index >= 15 is 0 Å². The lowest BCUT2D eigenvalue weighted by Crippen LogP contribution is -2.14. The van der Waals surface area contributed by atoms with Crippen LogP contribution >= 0.6 is 11.6 Å². The van der Waals surface area contributed by atoms with Crippen LogP contribution in [-0.2, 0) is 12.9 Å². The Bertz CT molecular complexity index is 362. The van der Waals surface area contributed by atoms with Crippen LogP contribution < -0.4 is 10.2 Å². The molecule has 0 bridgehead atoms. The van der Waals surface area contributed by atoms with E-state index in [2.05, 4.69) is 0 Å². The molecule has 0 radical (unpaired) electrons. The molecule has 1 heterocycles. The molecule has 14 heavy (non-hydrogen) atoms. The summed E-state index contributed by atoms with van der Waals surface area (Å²) in [5.41, 5.74) is 0.514. The number of aliphatic hydroxyl groups is 1. The van der Waals surface area contributed by atoms with Gasteiger partial charge in [-0.25, -0.2) is 0 Å². The van der Waals surface area contributed by atoms with Gasteiger partial charge in [-0.15, -0.1) is 11.6 Å². The number of aliphatic hydroxyl groups excluding tert-OH is 1. The summed E-state index contributed by atoms with van der Waals surface area (Å²) in [6.07, 6.45) is 1.57. The number of nitrogens with zero attached hydrogens (tertiary/aromatic N) is 1. The monoisotopic (exact) mass is 217 g/mol. The van der Waals surface area contributed by atoms with E-state index in [-0.39, 0.29) is 30.3 Å². The van der Waals surface area contributed by atoms with Crippen molar-refractivity contribution >= 4 is 11.6 Å². The first-order valence-corrected chi connectivity index (χ1v) is 4.71. The second-order valence-electron chi connectivity index (χ2n) is 2.81. The molecule has 78 valence electrons. The van der Waals surface area contributed by atoms with Gasteiger partial charge in [-0.3, -0.25) is 4.79 Å². The van der Waals surface area contributed by atoms with Gasteiger partial charge >= 0.3 is 0 Å². The third-order valence-corrected chi connectivity index (χ3v) is 2.06. The Hall–Kier alpha value is -1.00. The normalized spacial score (nSPS) is 10.2. The van der Waals surface area contributed by atoms with Crippen molar-refractivity contribution in [1.29, 1.82) is 0 Å². The van der Waals surface area contributed by atoms with Crippen LogP contribution in [0, 0.1) is 0 Å². The number of aryl methyl sites for hydroxylation is 1. The second kappa shape index (κ2) is 5.02. The molecule has 0 aliphatic carbocycles. The first kappa shape index (κ1) is 11.1. The fourth-order valence-electron chi connectivity index (χ4n) is 1.04. The number of aromatic nitrogens is 1. The number of pyridine rings is 1. The molecule has 0 saturated carbocycles. The summed E-state index contributed by atoms with van der Waals surface area (Å²) in [5.74, 6) is 0.516. The highest BCUT2D eigenvalue weighted by atomic mass is 35.5. The van der Waals surface area contributed by atoms with E-state index in [1.165, 1.54) is 6.07 Å². The molecular weight excluding hydrogens is 206 g/mol. The molecule has 4 nitrogen and oxygen atoms in total. The molecular formula is C9H12ClNO3. The molecule has 0 aromatic carbocycles. The summed E-state index contributed by atoms with van der Waals surface area (Å²) >= 11 is 5.62. The van der Waals surface area contributed by atoms with Crippen LogP contribution in [0.4, 0.5) is 0 Å². The van der Waals surface area contributed by atoms with E-state index in [0.29, 0.717) is 0 Å². The van der Waals surface area contributed by atoms with Gasteiger partial charge in [0.2, 0.25) is 5.43 Å². The van der Waals surface area contributed by atoms with Crippen LogP contribution in [0.25, 0.3) is 0 Å². The van der Waals surface area contributed by atoms with E-state index < -0.39 is 0 Å². The van der Waals surface area contributed by atoms with E-state index in [1.807, 2.05) is 0 Å². The predicted octanol–water partition coefficient (Wildman–Crippen LogP) is 0.495. The van der Waals surface area contributed by atoms with E-state index in [4.69, 9.17) is 21.4 Å². The molecule has 0 aliphatic heterocycles. The van der Waals surface area contributed by atoms with Gasteiger partial charge in [0.1, 0.15) is 6.61 Å². The smallest absolute Gasteiger partial charge is 0.223 e. The zero-order valence-electron chi connectivity index (χ0n) is 7.86. The van der Waals surface area contributed by atoms with Gasteiger partial charge in [0.25, 0.3) is 0 Å². The van der Waals surface area contributed by atoms with Crippen LogP contribution in [0.1, 0.15) is 5.69 Å². The molecule has 0 saturated heterocycles. The van der Waals surface area contributed by atoms with Gasteiger partial charge in [0.15, 0.2) is 5.75 Å². The van der Waals surface area contributed by atoms with Gasteiger partial charge in [-0.05, 0) is 0 Å². The quantitative estimate of drug-likeness (QED) is 0.748. The van der Waals surface area contributed by atoms with E-state index in [1.54, 1.807) is 17.8 Å². The van der Waals surface area contributed by atoms with E-state index in [0.717, 1.165) is 5.69 Å². The second-order valence-corrected chi connectivity index (χ2v) is 3.08. The van der Waals surface area contributed by atoms with Crippen LogP contribution in [-0.4, -0.2) is 22.9 Å². The average Bonchev–Trinajstić information content (AvgIpc) is 2.18. The largest absolute Gasteiger partial charge is 0.486 e. The number of ether oxygens (including phenoxy) is 1. The zero-order chi connectivity index (χ0) is 10.6. The van der Waals surface area contributed by atoms with Gasteiger partial charge in [-0.2, -0.15) is 0 Å². The summed E-state index contributed by atoms with van der Waals surface area (Å²) in [4.78, 5) is 11.4. The van der Waals surface area contributed by atoms with Crippen molar-refractivity contribution in [3.05, 3.63) is 28.2 Å². The molecule has 0 unspecified atom stereocenters. The summed E-state index contributed by atoms with van der Waals surface area (Å²) in [6.45, 7) is 0.00980. The van der Waals surface area contributed by atoms with Gasteiger partial charge < -0.3 is 14.4 Å². The standard InChI is InChI=1S/C9H12ClNO3/c1-11-6-9(14-3-2-12)8(13)4-7(11)5-10/h4,6,12H,2-3,5H2,1H3. The summed E-state index contributed by atoms with van der Waals surface area (Å²) in [6, 6.07) is 1.43. The van der Waals surface area contributed by atoms with Crippen molar-refractivity contribution in [2.24, 2.45) is 7.05 Å². The van der Waals surface area contributed by atoms with Crippen LogP contribution in [0.5, 0.6) is 5.75 Å². The minimum Gasteiger partial charge on any atom is -0.486 e. The number of rotatable bonds is 4. The maximum absolute atomic E-state index is 11.4. The lowest BCUT2D eigenvalue weighted by atomic mass is 10.3.